The zero-order chi connectivity index (χ0) is 10.4. The molecule has 0 bridgehead atoms. The van der Waals surface area contributed by atoms with E-state index in [1.807, 2.05) is 30.3 Å². The van der Waals surface area contributed by atoms with E-state index in [1.54, 1.807) is 6.92 Å². The SMILES string of the molecule is C[C@H](O)CNC(C=O)c1ccccc1. The van der Waals surface area contributed by atoms with Gasteiger partial charge in [0.1, 0.15) is 6.29 Å². The fourth-order valence-electron chi connectivity index (χ4n) is 1.20. The molecule has 0 heterocycles. The van der Waals surface area contributed by atoms with Gasteiger partial charge in [-0.25, -0.2) is 0 Å². The van der Waals surface area contributed by atoms with Gasteiger partial charge < -0.3 is 15.2 Å². The van der Waals surface area contributed by atoms with E-state index >= 15 is 0 Å². The average molecular weight is 193 g/mol. The summed E-state index contributed by atoms with van der Waals surface area (Å²) >= 11 is 0. The minimum atomic E-state index is -0.443. The number of aldehydes is 1. The lowest BCUT2D eigenvalue weighted by Crippen LogP contribution is -2.29. The highest BCUT2D eigenvalue weighted by atomic mass is 16.3. The first-order chi connectivity index (χ1) is 6.74. The van der Waals surface area contributed by atoms with Gasteiger partial charge in [0, 0.05) is 6.54 Å². The summed E-state index contributed by atoms with van der Waals surface area (Å²) in [4.78, 5) is 10.8. The van der Waals surface area contributed by atoms with Crippen LogP contribution >= 0.6 is 0 Å². The summed E-state index contributed by atoms with van der Waals surface area (Å²) in [5, 5.41) is 12.0. The van der Waals surface area contributed by atoms with Crippen molar-refractivity contribution in [2.45, 2.75) is 19.1 Å². The molecule has 0 fully saturated rings. The number of rotatable bonds is 5. The summed E-state index contributed by atoms with van der Waals surface area (Å²) in [6, 6.07) is 9.11. The van der Waals surface area contributed by atoms with Gasteiger partial charge in [0.15, 0.2) is 0 Å². The van der Waals surface area contributed by atoms with E-state index < -0.39 is 6.10 Å². The number of nitrogens with one attached hydrogen (secondary N) is 1. The molecule has 2 atom stereocenters. The third kappa shape index (κ3) is 3.28. The molecule has 0 radical (unpaired) electrons. The highest BCUT2D eigenvalue weighted by Gasteiger charge is 2.09. The van der Waals surface area contributed by atoms with Gasteiger partial charge in [-0.05, 0) is 12.5 Å². The lowest BCUT2D eigenvalue weighted by Gasteiger charge is -2.13. The van der Waals surface area contributed by atoms with Crippen molar-refractivity contribution < 1.29 is 9.90 Å². The molecule has 0 aliphatic carbocycles. The van der Waals surface area contributed by atoms with Gasteiger partial charge in [0.05, 0.1) is 12.1 Å². The molecule has 0 saturated heterocycles. The van der Waals surface area contributed by atoms with Gasteiger partial charge in [0.2, 0.25) is 0 Å². The quantitative estimate of drug-likeness (QED) is 0.683. The monoisotopic (exact) mass is 193 g/mol. The van der Waals surface area contributed by atoms with Crippen molar-refractivity contribution in [3.63, 3.8) is 0 Å². The predicted molar refractivity (Wildman–Crippen MR) is 54.9 cm³/mol. The minimum Gasteiger partial charge on any atom is -0.392 e. The smallest absolute Gasteiger partial charge is 0.141 e. The number of benzene rings is 1. The van der Waals surface area contributed by atoms with Gasteiger partial charge in [-0.3, -0.25) is 0 Å². The summed E-state index contributed by atoms with van der Waals surface area (Å²) < 4.78 is 0. The molecule has 2 N–H and O–H groups in total. The van der Waals surface area contributed by atoms with Crippen molar-refractivity contribution in [2.24, 2.45) is 0 Å². The molecule has 3 heteroatoms. The van der Waals surface area contributed by atoms with E-state index in [2.05, 4.69) is 5.32 Å². The number of aliphatic hydroxyl groups excluding tert-OH is 1. The van der Waals surface area contributed by atoms with Crippen LogP contribution in [0.25, 0.3) is 0 Å². The van der Waals surface area contributed by atoms with Crippen molar-refractivity contribution in [3.8, 4) is 0 Å². The van der Waals surface area contributed by atoms with Crippen LogP contribution in [0.3, 0.4) is 0 Å². The number of carbonyl (C=O) groups is 1. The maximum atomic E-state index is 10.8. The Balaban J connectivity index is 2.59. The highest BCUT2D eigenvalue weighted by Crippen LogP contribution is 2.09. The van der Waals surface area contributed by atoms with Crippen molar-refractivity contribution >= 4 is 6.29 Å². The van der Waals surface area contributed by atoms with Gasteiger partial charge in [0.25, 0.3) is 0 Å². The van der Waals surface area contributed by atoms with E-state index in [0.717, 1.165) is 11.8 Å². The molecule has 0 aliphatic rings. The van der Waals surface area contributed by atoms with Crippen molar-refractivity contribution in [2.75, 3.05) is 6.54 Å². The molecule has 76 valence electrons. The van der Waals surface area contributed by atoms with Gasteiger partial charge >= 0.3 is 0 Å². The van der Waals surface area contributed by atoms with Crippen LogP contribution in [0.2, 0.25) is 0 Å². The maximum Gasteiger partial charge on any atom is 0.141 e. The molecule has 0 aliphatic heterocycles. The highest BCUT2D eigenvalue weighted by molar-refractivity contribution is 5.61. The van der Waals surface area contributed by atoms with Crippen LogP contribution in [0.1, 0.15) is 18.5 Å². The van der Waals surface area contributed by atoms with Crippen molar-refractivity contribution in [3.05, 3.63) is 35.9 Å². The van der Waals surface area contributed by atoms with Gasteiger partial charge in [-0.2, -0.15) is 0 Å². The Bertz CT molecular complexity index is 272. The summed E-state index contributed by atoms with van der Waals surface area (Å²) in [6.45, 7) is 2.10. The second kappa shape index (κ2) is 5.52. The lowest BCUT2D eigenvalue weighted by molar-refractivity contribution is -0.109. The second-order valence-electron chi connectivity index (χ2n) is 3.28. The minimum absolute atomic E-state index is 0.328. The van der Waals surface area contributed by atoms with Crippen LogP contribution in [-0.2, 0) is 4.79 Å². The Morgan fingerprint density at radius 2 is 2.07 bits per heavy atom. The van der Waals surface area contributed by atoms with E-state index in [9.17, 15) is 4.79 Å². The Morgan fingerprint density at radius 1 is 1.43 bits per heavy atom. The molecule has 0 amide bonds. The number of hydrogen-bond donors (Lipinski definition) is 2. The average Bonchev–Trinajstić information content (AvgIpc) is 2.20. The van der Waals surface area contributed by atoms with Crippen LogP contribution in [0, 0.1) is 0 Å². The normalized spacial score (nSPS) is 14.7. The van der Waals surface area contributed by atoms with Crippen molar-refractivity contribution in [1.29, 1.82) is 0 Å². The van der Waals surface area contributed by atoms with E-state index in [1.165, 1.54) is 0 Å². The van der Waals surface area contributed by atoms with Crippen LogP contribution in [-0.4, -0.2) is 24.0 Å². The fraction of sp³-hybridized carbons (Fsp3) is 0.364. The Labute approximate surface area is 83.8 Å². The predicted octanol–water partition coefficient (Wildman–Crippen LogP) is 0.897. The zero-order valence-electron chi connectivity index (χ0n) is 8.18. The molecule has 0 aromatic heterocycles. The number of hydrogen-bond acceptors (Lipinski definition) is 3. The van der Waals surface area contributed by atoms with Crippen LogP contribution in [0.5, 0.6) is 0 Å². The van der Waals surface area contributed by atoms with Crippen LogP contribution in [0.15, 0.2) is 30.3 Å². The first kappa shape index (κ1) is 10.9. The van der Waals surface area contributed by atoms with E-state index in [-0.39, 0.29) is 6.04 Å². The summed E-state index contributed by atoms with van der Waals surface area (Å²) in [6.07, 6.45) is 0.402. The second-order valence-corrected chi connectivity index (χ2v) is 3.28. The molecular formula is C11H15NO2. The molecular weight excluding hydrogens is 178 g/mol. The third-order valence-corrected chi connectivity index (χ3v) is 1.93. The van der Waals surface area contributed by atoms with Crippen LogP contribution in [0.4, 0.5) is 0 Å². The Hall–Kier alpha value is -1.19. The molecule has 0 spiro atoms. The maximum absolute atomic E-state index is 10.8. The summed E-state index contributed by atoms with van der Waals surface area (Å²) in [7, 11) is 0. The van der Waals surface area contributed by atoms with Crippen LogP contribution < -0.4 is 5.32 Å². The largest absolute Gasteiger partial charge is 0.392 e. The summed E-state index contributed by atoms with van der Waals surface area (Å²) in [5.74, 6) is 0. The molecule has 1 rings (SSSR count). The Kier molecular flexibility index (Phi) is 4.29. The molecule has 3 nitrogen and oxygen atoms in total. The van der Waals surface area contributed by atoms with Gasteiger partial charge in [-0.1, -0.05) is 30.3 Å². The van der Waals surface area contributed by atoms with E-state index in [0.29, 0.717) is 6.54 Å². The standard InChI is InChI=1S/C11H15NO2/c1-9(14)7-12-11(8-13)10-5-3-2-4-6-10/h2-6,8-9,11-12,14H,7H2,1H3/t9-,11?/m0/s1. The lowest BCUT2D eigenvalue weighted by atomic mass is 10.1. The number of aliphatic hydroxyl groups is 1. The topological polar surface area (TPSA) is 49.3 Å². The Morgan fingerprint density at radius 3 is 2.57 bits per heavy atom. The molecule has 0 saturated carbocycles. The zero-order valence-corrected chi connectivity index (χ0v) is 8.18. The van der Waals surface area contributed by atoms with Crippen molar-refractivity contribution in [1.82, 2.24) is 5.32 Å². The molecule has 1 aromatic rings. The van der Waals surface area contributed by atoms with E-state index in [4.69, 9.17) is 5.11 Å². The summed E-state index contributed by atoms with van der Waals surface area (Å²) in [5.41, 5.74) is 0.920. The first-order valence-corrected chi connectivity index (χ1v) is 4.65. The first-order valence-electron chi connectivity index (χ1n) is 4.65. The third-order valence-electron chi connectivity index (χ3n) is 1.93. The molecule has 1 aromatic carbocycles. The fourth-order valence-corrected chi connectivity index (χ4v) is 1.20. The van der Waals surface area contributed by atoms with Gasteiger partial charge in [-0.15, -0.1) is 0 Å². The molecule has 1 unspecified atom stereocenters. The number of carbonyl (C=O) groups excluding carboxylic acids is 1. The molecule has 14 heavy (non-hydrogen) atoms.